The molecular weight excluding hydrogens is 787 g/mol. The predicted octanol–water partition coefficient (Wildman–Crippen LogP) is 5.33. The van der Waals surface area contributed by atoms with E-state index in [0.29, 0.717) is 42.1 Å². The number of fused-ring (bicyclic) bond motifs is 2. The Morgan fingerprint density at radius 2 is 1.52 bits per heavy atom. The lowest BCUT2D eigenvalue weighted by Crippen LogP contribution is -2.54. The molecular formula is C45H48ClFN8O5. The number of hydrogen-bond donors (Lipinski definition) is 1. The number of aromatic nitrogens is 1. The largest absolute Gasteiger partial charge is 0.369 e. The van der Waals surface area contributed by atoms with Crippen LogP contribution in [0.4, 0.5) is 15.9 Å². The maximum absolute atomic E-state index is 15.5. The van der Waals surface area contributed by atoms with E-state index in [1.807, 2.05) is 34.1 Å². The number of amides is 5. The Kier molecular flexibility index (Phi) is 11.1. The fraction of sp³-hybridized carbons (Fsp3) is 0.489. The molecule has 15 heteroatoms. The minimum Gasteiger partial charge on any atom is -0.369 e. The third-order valence-electron chi connectivity index (χ3n) is 13.7. The second-order valence-corrected chi connectivity index (χ2v) is 17.7. The second-order valence-electron chi connectivity index (χ2n) is 17.3. The minimum atomic E-state index is -1.09. The number of carbonyl (C=O) groups excluding carboxylic acids is 5. The molecule has 5 amide bonds. The van der Waals surface area contributed by atoms with E-state index < -0.39 is 35.5 Å². The van der Waals surface area contributed by atoms with Crippen molar-refractivity contribution in [2.75, 3.05) is 55.6 Å². The quantitative estimate of drug-likeness (QED) is 0.280. The Morgan fingerprint density at radius 1 is 0.783 bits per heavy atom. The molecule has 312 valence electrons. The standard InChI is InChI=1S/C45H48ClFN8O5/c46-35-21-28(3-6-30(35)24-48)2-1-27-4-7-31(8-5-27)54-26-37-32(43(54)58)9-11-40(49-37)53-19-17-51(18-20-53)25-29-13-15-52(16-14-29)39-23-34-33(22-36(39)47)44(59)55(45(34)60)38-10-12-41(56)50-42(38)57/h3,6,9,11,21-23,27,29,31,38H,1-2,4-5,7-8,10,12-20,25-26H2,(H,50,56,57). The minimum absolute atomic E-state index is 0.0208. The normalized spacial score (nSPS) is 23.9. The van der Waals surface area contributed by atoms with Crippen LogP contribution in [0.25, 0.3) is 0 Å². The molecule has 1 aromatic heterocycles. The smallest absolute Gasteiger partial charge is 0.262 e. The molecule has 1 unspecified atom stereocenters. The highest BCUT2D eigenvalue weighted by molar-refractivity contribution is 6.31. The molecule has 3 saturated heterocycles. The lowest BCUT2D eigenvalue weighted by atomic mass is 9.82. The fourth-order valence-corrected chi connectivity index (χ4v) is 10.4. The molecule has 1 atom stereocenters. The molecule has 6 aliphatic rings. The summed E-state index contributed by atoms with van der Waals surface area (Å²) >= 11 is 6.24. The van der Waals surface area contributed by atoms with Crippen molar-refractivity contribution in [3.8, 4) is 6.07 Å². The molecule has 9 rings (SSSR count). The van der Waals surface area contributed by atoms with E-state index in [4.69, 9.17) is 21.8 Å². The number of hydrogen-bond acceptors (Lipinski definition) is 10. The van der Waals surface area contributed by atoms with Gasteiger partial charge in [-0.2, -0.15) is 5.26 Å². The number of anilines is 2. The predicted molar refractivity (Wildman–Crippen MR) is 221 cm³/mol. The number of carbonyl (C=O) groups is 5. The zero-order chi connectivity index (χ0) is 41.7. The highest BCUT2D eigenvalue weighted by atomic mass is 35.5. The van der Waals surface area contributed by atoms with Crippen LogP contribution in [0.5, 0.6) is 0 Å². The number of pyridine rings is 1. The molecule has 1 N–H and O–H groups in total. The average molecular weight is 835 g/mol. The van der Waals surface area contributed by atoms with Gasteiger partial charge >= 0.3 is 0 Å². The molecule has 13 nitrogen and oxygen atoms in total. The van der Waals surface area contributed by atoms with Gasteiger partial charge in [0.2, 0.25) is 11.8 Å². The number of nitrogens with zero attached hydrogens (tertiary/aromatic N) is 7. The van der Waals surface area contributed by atoms with Crippen LogP contribution in [0.1, 0.15) is 106 Å². The van der Waals surface area contributed by atoms with E-state index in [1.54, 1.807) is 6.07 Å². The fourth-order valence-electron chi connectivity index (χ4n) is 10.2. The molecule has 4 fully saturated rings. The summed E-state index contributed by atoms with van der Waals surface area (Å²) in [5, 5.41) is 11.9. The molecule has 60 heavy (non-hydrogen) atoms. The number of aryl methyl sites for hydroxylation is 1. The molecule has 2 aromatic carbocycles. The Morgan fingerprint density at radius 3 is 2.22 bits per heavy atom. The Hall–Kier alpha value is -5.39. The van der Waals surface area contributed by atoms with Crippen LogP contribution in [0.3, 0.4) is 0 Å². The van der Waals surface area contributed by atoms with Crippen LogP contribution in [0, 0.1) is 29.0 Å². The van der Waals surface area contributed by atoms with E-state index in [1.165, 1.54) is 6.07 Å². The van der Waals surface area contributed by atoms with Gasteiger partial charge in [0.05, 0.1) is 45.2 Å². The van der Waals surface area contributed by atoms with Crippen molar-refractivity contribution in [1.82, 2.24) is 25.0 Å². The zero-order valence-electron chi connectivity index (χ0n) is 33.5. The van der Waals surface area contributed by atoms with Crippen molar-refractivity contribution < 1.29 is 28.4 Å². The molecule has 0 spiro atoms. The first-order valence-corrected chi connectivity index (χ1v) is 21.7. The van der Waals surface area contributed by atoms with E-state index in [2.05, 4.69) is 21.2 Å². The summed E-state index contributed by atoms with van der Waals surface area (Å²) in [6.07, 6.45) is 7.95. The first-order chi connectivity index (χ1) is 29.0. The first kappa shape index (κ1) is 40.0. The van der Waals surface area contributed by atoms with Gasteiger partial charge in [0.25, 0.3) is 17.7 Å². The van der Waals surface area contributed by atoms with Gasteiger partial charge in [-0.1, -0.05) is 17.7 Å². The van der Waals surface area contributed by atoms with Gasteiger partial charge in [-0.25, -0.2) is 9.37 Å². The maximum Gasteiger partial charge on any atom is 0.262 e. The Balaban J connectivity index is 0.728. The Labute approximate surface area is 353 Å². The monoisotopic (exact) mass is 834 g/mol. The van der Waals surface area contributed by atoms with E-state index >= 15 is 4.39 Å². The zero-order valence-corrected chi connectivity index (χ0v) is 34.3. The number of nitriles is 1. The summed E-state index contributed by atoms with van der Waals surface area (Å²) in [5.41, 5.74) is 3.56. The highest BCUT2D eigenvalue weighted by Crippen LogP contribution is 2.37. The van der Waals surface area contributed by atoms with Crippen LogP contribution < -0.4 is 15.1 Å². The number of rotatable bonds is 9. The number of halogens is 2. The summed E-state index contributed by atoms with van der Waals surface area (Å²) in [6.45, 7) is 6.19. The van der Waals surface area contributed by atoms with Gasteiger partial charge in [0, 0.05) is 58.3 Å². The van der Waals surface area contributed by atoms with Gasteiger partial charge < -0.3 is 14.7 Å². The first-order valence-electron chi connectivity index (χ1n) is 21.3. The van der Waals surface area contributed by atoms with Crippen molar-refractivity contribution in [2.24, 2.45) is 11.8 Å². The third-order valence-corrected chi connectivity index (χ3v) is 14.0. The number of piperidine rings is 2. The Bertz CT molecular complexity index is 2290. The van der Waals surface area contributed by atoms with Crippen LogP contribution >= 0.6 is 11.6 Å². The SMILES string of the molecule is N#Cc1ccc(CCC2CCC(N3Cc4nc(N5CCN(CC6CCN(c7cc8c(cc7F)C(=O)N(C7CCC(=O)NC7=O)C8=O)CC6)CC5)ccc4C3=O)CC2)cc1Cl. The summed E-state index contributed by atoms with van der Waals surface area (Å²) in [5.74, 6) is -1.02. The van der Waals surface area contributed by atoms with Crippen molar-refractivity contribution in [1.29, 1.82) is 5.26 Å². The van der Waals surface area contributed by atoms with Gasteiger partial charge in [-0.15, -0.1) is 0 Å². The van der Waals surface area contributed by atoms with Crippen molar-refractivity contribution in [3.63, 3.8) is 0 Å². The van der Waals surface area contributed by atoms with Crippen LogP contribution in [0.2, 0.25) is 5.02 Å². The number of nitrogens with one attached hydrogen (secondary N) is 1. The number of piperazine rings is 1. The molecule has 0 bridgehead atoms. The summed E-state index contributed by atoms with van der Waals surface area (Å²) in [4.78, 5) is 78.7. The number of benzene rings is 2. The maximum atomic E-state index is 15.5. The molecule has 5 aliphatic heterocycles. The van der Waals surface area contributed by atoms with E-state index in [-0.39, 0.29) is 41.6 Å². The highest BCUT2D eigenvalue weighted by Gasteiger charge is 2.45. The summed E-state index contributed by atoms with van der Waals surface area (Å²) in [7, 11) is 0. The lowest BCUT2D eigenvalue weighted by molar-refractivity contribution is -0.136. The number of imide groups is 2. The van der Waals surface area contributed by atoms with Gasteiger partial charge in [0.1, 0.15) is 23.7 Å². The van der Waals surface area contributed by atoms with Gasteiger partial charge in [0.15, 0.2) is 0 Å². The molecule has 1 saturated carbocycles. The van der Waals surface area contributed by atoms with Crippen LogP contribution in [-0.4, -0.2) is 107 Å². The second kappa shape index (κ2) is 16.6. The summed E-state index contributed by atoms with van der Waals surface area (Å²) in [6, 6.07) is 13.5. The van der Waals surface area contributed by atoms with E-state index in [9.17, 15) is 24.0 Å². The topological polar surface area (TPSA) is 150 Å². The van der Waals surface area contributed by atoms with Crippen LogP contribution in [0.15, 0.2) is 42.5 Å². The van der Waals surface area contributed by atoms with Crippen molar-refractivity contribution in [2.45, 2.75) is 82.8 Å². The average Bonchev–Trinajstić information content (AvgIpc) is 3.71. The lowest BCUT2D eigenvalue weighted by Gasteiger charge is -2.39. The van der Waals surface area contributed by atoms with Gasteiger partial charge in [-0.05, 0) is 112 Å². The van der Waals surface area contributed by atoms with Gasteiger partial charge in [-0.3, -0.25) is 39.1 Å². The van der Waals surface area contributed by atoms with E-state index in [0.717, 1.165) is 118 Å². The van der Waals surface area contributed by atoms with Crippen LogP contribution in [-0.2, 0) is 22.6 Å². The molecule has 3 aromatic rings. The van der Waals surface area contributed by atoms with Crippen molar-refractivity contribution >= 4 is 52.6 Å². The van der Waals surface area contributed by atoms with Crippen molar-refractivity contribution in [3.05, 3.63) is 86.8 Å². The summed E-state index contributed by atoms with van der Waals surface area (Å²) < 4.78 is 15.5. The molecule has 1 aliphatic carbocycles. The third kappa shape index (κ3) is 7.73. The molecule has 6 heterocycles. The molecule has 0 radical (unpaired) electrons.